The standard InChI is InChI=1S/C70H47NO/c1-7-19-48(20-8-1)51-31-38-58(39-32-51)71(59-40-33-52(34-41-59)49-21-9-2-10-22-49)60-42-35-54(36-43-60)62-46-64-61-44-37-57(50-23-11-3-12-24-50)45-66(61)70-68(65(64)47-63(62)53-25-13-4-14-26-53)67(55-27-15-5-16-28-55)69(72-70)56-29-17-6-18-30-56/h1-47H. The smallest absolute Gasteiger partial charge is 0.143 e. The van der Waals surface area contributed by atoms with Crippen molar-refractivity contribution in [2.75, 3.05) is 4.90 Å². The second-order valence-corrected chi connectivity index (χ2v) is 18.4. The molecule has 2 heteroatoms. The molecule has 0 unspecified atom stereocenters. The van der Waals surface area contributed by atoms with Gasteiger partial charge >= 0.3 is 0 Å². The summed E-state index contributed by atoms with van der Waals surface area (Å²) in [6.45, 7) is 0. The second-order valence-electron chi connectivity index (χ2n) is 18.4. The van der Waals surface area contributed by atoms with Crippen molar-refractivity contribution in [2.45, 2.75) is 0 Å². The molecule has 0 saturated carbocycles. The monoisotopic (exact) mass is 917 g/mol. The number of benzene rings is 12. The van der Waals surface area contributed by atoms with Gasteiger partial charge in [-0.25, -0.2) is 0 Å². The Morgan fingerprint density at radius 3 is 1.06 bits per heavy atom. The van der Waals surface area contributed by atoms with E-state index in [0.717, 1.165) is 94.5 Å². The van der Waals surface area contributed by atoms with Crippen molar-refractivity contribution in [1.82, 2.24) is 0 Å². The highest BCUT2D eigenvalue weighted by Crippen LogP contribution is 2.50. The van der Waals surface area contributed by atoms with Gasteiger partial charge in [-0.1, -0.05) is 231 Å². The molecule has 0 bridgehead atoms. The molecule has 0 fully saturated rings. The van der Waals surface area contributed by atoms with Gasteiger partial charge in [0.25, 0.3) is 0 Å². The third-order valence-corrected chi connectivity index (χ3v) is 14.1. The van der Waals surface area contributed by atoms with E-state index in [1.807, 2.05) is 0 Å². The van der Waals surface area contributed by atoms with Gasteiger partial charge in [0, 0.05) is 39.0 Å². The summed E-state index contributed by atoms with van der Waals surface area (Å²) in [4.78, 5) is 2.36. The summed E-state index contributed by atoms with van der Waals surface area (Å²) >= 11 is 0. The fraction of sp³-hybridized carbons (Fsp3) is 0. The maximum absolute atomic E-state index is 7.27. The minimum absolute atomic E-state index is 0.866. The molecular formula is C70H47NO. The van der Waals surface area contributed by atoms with E-state index in [0.29, 0.717) is 0 Å². The van der Waals surface area contributed by atoms with Crippen molar-refractivity contribution in [3.63, 3.8) is 0 Å². The fourth-order valence-corrected chi connectivity index (χ4v) is 10.6. The lowest BCUT2D eigenvalue weighted by atomic mass is 9.86. The van der Waals surface area contributed by atoms with Crippen LogP contribution < -0.4 is 4.90 Å². The van der Waals surface area contributed by atoms with Crippen LogP contribution in [0.15, 0.2) is 290 Å². The number of furan rings is 1. The topological polar surface area (TPSA) is 16.4 Å². The van der Waals surface area contributed by atoms with Gasteiger partial charge < -0.3 is 9.32 Å². The summed E-state index contributed by atoms with van der Waals surface area (Å²) in [6.07, 6.45) is 0. The summed E-state index contributed by atoms with van der Waals surface area (Å²) in [5.74, 6) is 0.866. The van der Waals surface area contributed by atoms with Crippen LogP contribution in [-0.4, -0.2) is 0 Å². The molecular weight excluding hydrogens is 871 g/mol. The van der Waals surface area contributed by atoms with Gasteiger partial charge in [-0.2, -0.15) is 0 Å². The lowest BCUT2D eigenvalue weighted by molar-refractivity contribution is 0.636. The van der Waals surface area contributed by atoms with Crippen LogP contribution in [0, 0.1) is 0 Å². The van der Waals surface area contributed by atoms with Crippen molar-refractivity contribution in [3.8, 4) is 78.1 Å². The van der Waals surface area contributed by atoms with Gasteiger partial charge in [0.15, 0.2) is 0 Å². The van der Waals surface area contributed by atoms with Crippen LogP contribution in [0.4, 0.5) is 17.1 Å². The first-order chi connectivity index (χ1) is 35.7. The molecule has 0 aliphatic carbocycles. The lowest BCUT2D eigenvalue weighted by Gasteiger charge is -2.26. The molecule has 338 valence electrons. The quantitative estimate of drug-likeness (QED) is 0.127. The van der Waals surface area contributed by atoms with E-state index in [4.69, 9.17) is 4.42 Å². The first kappa shape index (κ1) is 42.6. The molecule has 0 spiro atoms. The Morgan fingerprint density at radius 2 is 0.583 bits per heavy atom. The van der Waals surface area contributed by atoms with E-state index >= 15 is 0 Å². The largest absolute Gasteiger partial charge is 0.455 e. The Hall–Kier alpha value is -9.50. The number of hydrogen-bond donors (Lipinski definition) is 0. The predicted octanol–water partition coefficient (Wildman–Crippen LogP) is 19.9. The predicted molar refractivity (Wildman–Crippen MR) is 304 cm³/mol. The van der Waals surface area contributed by atoms with E-state index in [9.17, 15) is 0 Å². The molecule has 0 amide bonds. The molecule has 2 nitrogen and oxygen atoms in total. The number of hydrogen-bond acceptors (Lipinski definition) is 2. The highest BCUT2D eigenvalue weighted by atomic mass is 16.3. The molecule has 0 N–H and O–H groups in total. The SMILES string of the molecule is c1ccc(-c2ccc(N(c3ccc(-c4ccccc4)cc3)c3ccc(-c4cc5c6ccc(-c7ccccc7)cc6c6oc(-c7ccccc7)c(-c7ccccc7)c6c5cc4-c4ccccc4)cc3)cc2)cc1. The molecule has 72 heavy (non-hydrogen) atoms. The molecule has 1 aromatic heterocycles. The van der Waals surface area contributed by atoms with Crippen LogP contribution in [0.5, 0.6) is 0 Å². The van der Waals surface area contributed by atoms with E-state index < -0.39 is 0 Å². The van der Waals surface area contributed by atoms with Crippen molar-refractivity contribution in [3.05, 3.63) is 285 Å². The minimum atomic E-state index is 0.866. The Bertz CT molecular complexity index is 3920. The maximum Gasteiger partial charge on any atom is 0.143 e. The third kappa shape index (κ3) is 7.82. The molecule has 13 rings (SSSR count). The van der Waals surface area contributed by atoms with E-state index in [1.165, 1.54) is 33.2 Å². The number of rotatable bonds is 10. The molecule has 12 aromatic carbocycles. The lowest BCUT2D eigenvalue weighted by Crippen LogP contribution is -2.09. The number of anilines is 3. The van der Waals surface area contributed by atoms with Gasteiger partial charge in [0.2, 0.25) is 0 Å². The molecule has 13 aromatic rings. The zero-order chi connectivity index (χ0) is 47.8. The van der Waals surface area contributed by atoms with Crippen LogP contribution in [0.2, 0.25) is 0 Å². The minimum Gasteiger partial charge on any atom is -0.455 e. The van der Waals surface area contributed by atoms with Crippen LogP contribution in [-0.2, 0) is 0 Å². The Labute approximate surface area is 420 Å². The third-order valence-electron chi connectivity index (χ3n) is 14.1. The molecule has 0 saturated heterocycles. The number of fused-ring (bicyclic) bond motifs is 6. The molecule has 0 atom stereocenters. The zero-order valence-corrected chi connectivity index (χ0v) is 39.5. The summed E-state index contributed by atoms with van der Waals surface area (Å²) in [6, 6.07) is 103. The normalized spacial score (nSPS) is 11.3. The van der Waals surface area contributed by atoms with Gasteiger partial charge in [-0.3, -0.25) is 0 Å². The summed E-state index contributed by atoms with van der Waals surface area (Å²) in [5.41, 5.74) is 19.0. The highest BCUT2D eigenvalue weighted by molar-refractivity contribution is 6.30. The second kappa shape index (κ2) is 18.4. The van der Waals surface area contributed by atoms with Crippen LogP contribution >= 0.6 is 0 Å². The Balaban J connectivity index is 1.02. The maximum atomic E-state index is 7.27. The van der Waals surface area contributed by atoms with Gasteiger partial charge in [-0.05, 0) is 132 Å². The van der Waals surface area contributed by atoms with Gasteiger partial charge in [0.1, 0.15) is 11.3 Å². The fourth-order valence-electron chi connectivity index (χ4n) is 10.6. The summed E-state index contributed by atoms with van der Waals surface area (Å²) in [7, 11) is 0. The summed E-state index contributed by atoms with van der Waals surface area (Å²) in [5, 5.41) is 5.66. The van der Waals surface area contributed by atoms with E-state index in [2.05, 4.69) is 290 Å². The van der Waals surface area contributed by atoms with Crippen LogP contribution in [0.1, 0.15) is 0 Å². The molecule has 1 heterocycles. The Kier molecular flexibility index (Phi) is 10.9. The van der Waals surface area contributed by atoms with Crippen molar-refractivity contribution in [1.29, 1.82) is 0 Å². The summed E-state index contributed by atoms with van der Waals surface area (Å²) < 4.78 is 7.27. The van der Waals surface area contributed by atoms with Crippen molar-refractivity contribution < 1.29 is 4.42 Å². The van der Waals surface area contributed by atoms with E-state index in [-0.39, 0.29) is 0 Å². The first-order valence-corrected chi connectivity index (χ1v) is 24.7. The Morgan fingerprint density at radius 1 is 0.236 bits per heavy atom. The average molecular weight is 918 g/mol. The highest BCUT2D eigenvalue weighted by Gasteiger charge is 2.25. The average Bonchev–Trinajstić information content (AvgIpc) is 3.88. The zero-order valence-electron chi connectivity index (χ0n) is 39.5. The van der Waals surface area contributed by atoms with Crippen molar-refractivity contribution >= 4 is 49.6 Å². The van der Waals surface area contributed by atoms with Gasteiger partial charge in [-0.15, -0.1) is 0 Å². The number of nitrogens with zero attached hydrogens (tertiary/aromatic N) is 1. The van der Waals surface area contributed by atoms with Gasteiger partial charge in [0.05, 0.1) is 0 Å². The molecule has 0 radical (unpaired) electrons. The van der Waals surface area contributed by atoms with Crippen LogP contribution in [0.25, 0.3) is 111 Å². The van der Waals surface area contributed by atoms with Crippen molar-refractivity contribution in [2.24, 2.45) is 0 Å². The van der Waals surface area contributed by atoms with E-state index in [1.54, 1.807) is 0 Å². The molecule has 0 aliphatic heterocycles. The molecule has 0 aliphatic rings. The first-order valence-electron chi connectivity index (χ1n) is 24.7. The van der Waals surface area contributed by atoms with Crippen LogP contribution in [0.3, 0.4) is 0 Å².